The molecule has 0 aromatic rings. The van der Waals surface area contributed by atoms with Crippen molar-refractivity contribution in [1.82, 2.24) is 4.31 Å². The second-order valence-electron chi connectivity index (χ2n) is 3.99. The highest BCUT2D eigenvalue weighted by Crippen LogP contribution is 2.27. The summed E-state index contributed by atoms with van der Waals surface area (Å²) < 4.78 is 28.8. The highest BCUT2D eigenvalue weighted by molar-refractivity contribution is 7.89. The number of carbonyl (C=O) groups is 2. The summed E-state index contributed by atoms with van der Waals surface area (Å²) in [6, 6.07) is -1.09. The van der Waals surface area contributed by atoms with Gasteiger partial charge in [0.1, 0.15) is 6.04 Å². The van der Waals surface area contributed by atoms with Crippen molar-refractivity contribution in [2.24, 2.45) is 5.92 Å². The molecule has 1 N–H and O–H groups in total. The molecule has 1 aliphatic rings. The topological polar surface area (TPSA) is 101 Å². The Morgan fingerprint density at radius 3 is 2.53 bits per heavy atom. The van der Waals surface area contributed by atoms with Gasteiger partial charge in [0.25, 0.3) is 0 Å². The molecule has 98 valence electrons. The van der Waals surface area contributed by atoms with Gasteiger partial charge in [-0.05, 0) is 12.3 Å². The minimum absolute atomic E-state index is 0.122. The lowest BCUT2D eigenvalue weighted by molar-refractivity contribution is -0.142. The zero-order valence-corrected chi connectivity index (χ0v) is 10.4. The highest BCUT2D eigenvalue weighted by atomic mass is 32.2. The number of hydrogen-bond acceptors (Lipinski definition) is 5. The molecule has 0 saturated carbocycles. The van der Waals surface area contributed by atoms with E-state index in [-0.39, 0.29) is 12.5 Å². The smallest absolute Gasteiger partial charge is 0.322 e. The average molecular weight is 265 g/mol. The molecular formula is C9H15NO6S. The van der Waals surface area contributed by atoms with Crippen LogP contribution in [-0.4, -0.2) is 55.2 Å². The van der Waals surface area contributed by atoms with Crippen LogP contribution in [0.3, 0.4) is 0 Å². The van der Waals surface area contributed by atoms with E-state index in [1.165, 1.54) is 0 Å². The molecule has 17 heavy (non-hydrogen) atoms. The summed E-state index contributed by atoms with van der Waals surface area (Å²) in [5, 5.41) is 8.99. The minimum Gasteiger partial charge on any atom is -0.480 e. The van der Waals surface area contributed by atoms with Gasteiger partial charge in [0.2, 0.25) is 10.0 Å². The Labute approximate surface area is 99.4 Å². The molecule has 1 fully saturated rings. The number of aliphatic carboxylic acids is 1. The van der Waals surface area contributed by atoms with E-state index in [9.17, 15) is 18.0 Å². The first-order chi connectivity index (χ1) is 7.79. The van der Waals surface area contributed by atoms with Gasteiger partial charge in [-0.1, -0.05) is 6.92 Å². The number of carboxylic acids is 1. The average Bonchev–Trinajstić information content (AvgIpc) is 2.60. The number of carbonyl (C=O) groups excluding carboxylic acids is 1. The summed E-state index contributed by atoms with van der Waals surface area (Å²) in [6.45, 7) is 1.80. The van der Waals surface area contributed by atoms with Crippen molar-refractivity contribution in [3.63, 3.8) is 0 Å². The Morgan fingerprint density at radius 1 is 1.47 bits per heavy atom. The van der Waals surface area contributed by atoms with Crippen LogP contribution >= 0.6 is 0 Å². The molecular weight excluding hydrogens is 250 g/mol. The van der Waals surface area contributed by atoms with E-state index >= 15 is 0 Å². The van der Waals surface area contributed by atoms with Gasteiger partial charge in [0.05, 0.1) is 7.11 Å². The summed E-state index contributed by atoms with van der Waals surface area (Å²) in [7, 11) is -2.84. The van der Waals surface area contributed by atoms with Crippen LogP contribution in [0.4, 0.5) is 0 Å². The Balaban J connectivity index is 2.91. The molecule has 1 saturated heterocycles. The van der Waals surface area contributed by atoms with Crippen LogP contribution in [0.1, 0.15) is 13.3 Å². The third-order valence-corrected chi connectivity index (χ3v) is 4.52. The first kappa shape index (κ1) is 13.9. The van der Waals surface area contributed by atoms with Gasteiger partial charge in [0, 0.05) is 6.54 Å². The second kappa shape index (κ2) is 5.01. The van der Waals surface area contributed by atoms with Crippen molar-refractivity contribution < 1.29 is 27.9 Å². The van der Waals surface area contributed by atoms with E-state index in [0.29, 0.717) is 6.42 Å². The van der Waals surface area contributed by atoms with Crippen molar-refractivity contribution >= 4 is 22.0 Å². The van der Waals surface area contributed by atoms with Gasteiger partial charge < -0.3 is 9.84 Å². The maximum absolute atomic E-state index is 11.8. The number of carboxylic acid groups (broad SMARTS) is 1. The maximum Gasteiger partial charge on any atom is 0.322 e. The van der Waals surface area contributed by atoms with Crippen molar-refractivity contribution in [2.75, 3.05) is 19.4 Å². The van der Waals surface area contributed by atoms with Crippen LogP contribution in [0.5, 0.6) is 0 Å². The van der Waals surface area contributed by atoms with Gasteiger partial charge in [-0.3, -0.25) is 9.59 Å². The third-order valence-electron chi connectivity index (χ3n) is 2.79. The number of rotatable bonds is 4. The number of methoxy groups -OCH3 is 1. The summed E-state index contributed by atoms with van der Waals surface area (Å²) in [6.07, 6.45) is 0.470. The predicted octanol–water partition coefficient (Wildman–Crippen LogP) is -0.716. The SMILES string of the molecule is COC(=O)CS(=O)(=O)N1CCC(C)C1C(=O)O. The van der Waals surface area contributed by atoms with E-state index in [1.54, 1.807) is 6.92 Å². The molecule has 7 nitrogen and oxygen atoms in total. The molecule has 1 heterocycles. The predicted molar refractivity (Wildman–Crippen MR) is 57.7 cm³/mol. The maximum atomic E-state index is 11.8. The number of hydrogen-bond donors (Lipinski definition) is 1. The fourth-order valence-electron chi connectivity index (χ4n) is 1.88. The molecule has 1 rings (SSSR count). The molecule has 0 aliphatic carbocycles. The number of sulfonamides is 1. The van der Waals surface area contributed by atoms with E-state index in [0.717, 1.165) is 11.4 Å². The molecule has 1 aliphatic heterocycles. The van der Waals surface area contributed by atoms with Crippen molar-refractivity contribution in [3.05, 3.63) is 0 Å². The van der Waals surface area contributed by atoms with Crippen LogP contribution in [0.2, 0.25) is 0 Å². The highest BCUT2D eigenvalue weighted by Gasteiger charge is 2.43. The molecule has 0 spiro atoms. The number of nitrogens with zero attached hydrogens (tertiary/aromatic N) is 1. The van der Waals surface area contributed by atoms with E-state index in [2.05, 4.69) is 4.74 Å². The molecule has 0 aromatic heterocycles. The van der Waals surface area contributed by atoms with Crippen molar-refractivity contribution in [2.45, 2.75) is 19.4 Å². The zero-order chi connectivity index (χ0) is 13.2. The lowest BCUT2D eigenvalue weighted by Gasteiger charge is -2.22. The largest absolute Gasteiger partial charge is 0.480 e. The van der Waals surface area contributed by atoms with Crippen LogP contribution in [0.25, 0.3) is 0 Å². The number of ether oxygens (including phenoxy) is 1. The third kappa shape index (κ3) is 2.95. The second-order valence-corrected chi connectivity index (χ2v) is 5.91. The lowest BCUT2D eigenvalue weighted by Crippen LogP contribution is -2.44. The molecule has 0 bridgehead atoms. The van der Waals surface area contributed by atoms with Gasteiger partial charge in [-0.2, -0.15) is 4.31 Å². The monoisotopic (exact) mass is 265 g/mol. The van der Waals surface area contributed by atoms with Crippen molar-refractivity contribution in [1.29, 1.82) is 0 Å². The standard InChI is InChI=1S/C9H15NO6S/c1-6-3-4-10(8(6)9(12)13)17(14,15)5-7(11)16-2/h6,8H,3-5H2,1-2H3,(H,12,13). The van der Waals surface area contributed by atoms with E-state index in [4.69, 9.17) is 5.11 Å². The lowest BCUT2D eigenvalue weighted by atomic mass is 10.0. The molecule has 0 amide bonds. The normalized spacial score (nSPS) is 25.8. The summed E-state index contributed by atoms with van der Waals surface area (Å²) in [5.41, 5.74) is 0. The van der Waals surface area contributed by atoms with Gasteiger partial charge in [-0.15, -0.1) is 0 Å². The molecule has 2 unspecified atom stereocenters. The Hall–Kier alpha value is -1.15. The van der Waals surface area contributed by atoms with E-state index in [1.807, 2.05) is 0 Å². The fourth-order valence-corrected chi connectivity index (χ4v) is 3.49. The number of esters is 1. The molecule has 0 radical (unpaired) electrons. The van der Waals surface area contributed by atoms with Crippen LogP contribution < -0.4 is 0 Å². The van der Waals surface area contributed by atoms with Gasteiger partial charge in [-0.25, -0.2) is 8.42 Å². The Morgan fingerprint density at radius 2 is 2.06 bits per heavy atom. The first-order valence-corrected chi connectivity index (χ1v) is 6.69. The summed E-state index contributed by atoms with van der Waals surface area (Å²) in [4.78, 5) is 22.0. The Bertz CT molecular complexity index is 417. The van der Waals surface area contributed by atoms with E-state index < -0.39 is 33.8 Å². The summed E-state index contributed by atoms with van der Waals surface area (Å²) in [5.74, 6) is -3.17. The van der Waals surface area contributed by atoms with Gasteiger partial charge >= 0.3 is 11.9 Å². The molecule has 0 aromatic carbocycles. The zero-order valence-electron chi connectivity index (χ0n) is 9.62. The van der Waals surface area contributed by atoms with Gasteiger partial charge in [0.15, 0.2) is 5.75 Å². The fraction of sp³-hybridized carbons (Fsp3) is 0.778. The quantitative estimate of drug-likeness (QED) is 0.673. The van der Waals surface area contributed by atoms with Crippen LogP contribution in [-0.2, 0) is 24.3 Å². The Kier molecular flexibility index (Phi) is 4.10. The van der Waals surface area contributed by atoms with Crippen LogP contribution in [0.15, 0.2) is 0 Å². The first-order valence-electron chi connectivity index (χ1n) is 5.08. The van der Waals surface area contributed by atoms with Crippen molar-refractivity contribution in [3.8, 4) is 0 Å². The summed E-state index contributed by atoms with van der Waals surface area (Å²) >= 11 is 0. The van der Waals surface area contributed by atoms with Crippen LogP contribution in [0, 0.1) is 5.92 Å². The molecule has 8 heteroatoms. The minimum atomic E-state index is -3.92. The molecule has 2 atom stereocenters.